The highest BCUT2D eigenvalue weighted by Gasteiger charge is 2.06. The number of hydrogen-bond donors (Lipinski definition) is 0. The van der Waals surface area contributed by atoms with Crippen molar-refractivity contribution in [2.24, 2.45) is 17.8 Å². The monoisotopic (exact) mass is 279 g/mol. The Bertz CT molecular complexity index is 236. The van der Waals surface area contributed by atoms with Gasteiger partial charge in [-0.3, -0.25) is 0 Å². The second-order valence-electron chi connectivity index (χ2n) is 7.41. The van der Waals surface area contributed by atoms with E-state index < -0.39 is 0 Å². The van der Waals surface area contributed by atoms with Gasteiger partial charge in [0.1, 0.15) is 0 Å². The zero-order valence-electron chi connectivity index (χ0n) is 14.9. The normalized spacial score (nSPS) is 15.7. The van der Waals surface area contributed by atoms with Gasteiger partial charge in [-0.2, -0.15) is 0 Å². The first kappa shape index (κ1) is 19.7. The molecule has 0 spiro atoms. The molecule has 0 aliphatic carbocycles. The molecule has 0 heterocycles. The predicted molar refractivity (Wildman–Crippen MR) is 93.8 cm³/mol. The maximum absolute atomic E-state index is 3.83. The Morgan fingerprint density at radius 3 is 1.70 bits per heavy atom. The Morgan fingerprint density at radius 1 is 0.800 bits per heavy atom. The van der Waals surface area contributed by atoms with Crippen LogP contribution in [0, 0.1) is 24.7 Å². The van der Waals surface area contributed by atoms with Crippen molar-refractivity contribution >= 4 is 0 Å². The summed E-state index contributed by atoms with van der Waals surface area (Å²) in [4.78, 5) is 0. The summed E-state index contributed by atoms with van der Waals surface area (Å²) in [6.07, 6.45) is 14.5. The maximum Gasteiger partial charge on any atom is -0.0313 e. The van der Waals surface area contributed by atoms with E-state index in [9.17, 15) is 0 Å². The molecule has 119 valence electrons. The van der Waals surface area contributed by atoms with Crippen molar-refractivity contribution in [3.8, 4) is 0 Å². The van der Waals surface area contributed by atoms with Crippen molar-refractivity contribution in [3.05, 3.63) is 18.6 Å². The van der Waals surface area contributed by atoms with Gasteiger partial charge in [0.25, 0.3) is 0 Å². The fraction of sp³-hybridized carbons (Fsp3) is 0.850. The Labute approximate surface area is 129 Å². The van der Waals surface area contributed by atoms with Crippen LogP contribution < -0.4 is 0 Å². The third kappa shape index (κ3) is 12.8. The van der Waals surface area contributed by atoms with Crippen molar-refractivity contribution in [1.29, 1.82) is 0 Å². The SMILES string of the molecule is [CH2]/C=C(\C)CCCC(C)CCCC(C)CCCC(C)C. The second-order valence-corrected chi connectivity index (χ2v) is 7.41. The fourth-order valence-corrected chi connectivity index (χ4v) is 2.81. The molecule has 2 atom stereocenters. The van der Waals surface area contributed by atoms with E-state index in [-0.39, 0.29) is 0 Å². The van der Waals surface area contributed by atoms with Crippen molar-refractivity contribution < 1.29 is 0 Å². The molecule has 0 heteroatoms. The van der Waals surface area contributed by atoms with Crippen molar-refractivity contribution in [3.63, 3.8) is 0 Å². The van der Waals surface area contributed by atoms with Crippen LogP contribution in [-0.4, -0.2) is 0 Å². The summed E-state index contributed by atoms with van der Waals surface area (Å²) in [5.74, 6) is 2.70. The number of allylic oxidation sites excluding steroid dienone is 2. The Balaban J connectivity index is 3.48. The molecule has 1 radical (unpaired) electrons. The first-order chi connectivity index (χ1) is 9.45. The van der Waals surface area contributed by atoms with Crippen LogP contribution in [0.25, 0.3) is 0 Å². The summed E-state index contributed by atoms with van der Waals surface area (Å²) < 4.78 is 0. The Hall–Kier alpha value is -0.260. The smallest absolute Gasteiger partial charge is 0.0313 e. The van der Waals surface area contributed by atoms with E-state index >= 15 is 0 Å². The molecular weight excluding hydrogens is 240 g/mol. The van der Waals surface area contributed by atoms with Crippen LogP contribution in [0.15, 0.2) is 11.6 Å². The largest absolute Gasteiger partial charge is 0.0853 e. The van der Waals surface area contributed by atoms with Gasteiger partial charge in [0.05, 0.1) is 0 Å². The van der Waals surface area contributed by atoms with Crippen LogP contribution in [0.5, 0.6) is 0 Å². The summed E-state index contributed by atoms with van der Waals surface area (Å²) >= 11 is 0. The Morgan fingerprint density at radius 2 is 1.25 bits per heavy atom. The zero-order valence-corrected chi connectivity index (χ0v) is 14.9. The molecule has 0 aliphatic rings. The molecule has 0 fully saturated rings. The van der Waals surface area contributed by atoms with Gasteiger partial charge in [-0.15, -0.1) is 0 Å². The van der Waals surface area contributed by atoms with Crippen molar-refractivity contribution in [1.82, 2.24) is 0 Å². The van der Waals surface area contributed by atoms with Gasteiger partial charge in [-0.1, -0.05) is 84.3 Å². The molecule has 0 aliphatic heterocycles. The van der Waals surface area contributed by atoms with Gasteiger partial charge in [-0.05, 0) is 44.4 Å². The molecule has 0 aromatic rings. The third-order valence-electron chi connectivity index (χ3n) is 4.49. The van der Waals surface area contributed by atoms with Crippen LogP contribution in [0.1, 0.15) is 92.4 Å². The fourth-order valence-electron chi connectivity index (χ4n) is 2.81. The standard InChI is InChI=1S/C20H39/c1-7-18(4)12-9-14-20(6)16-10-15-19(5)13-8-11-17(2)3/h7,17,19-20H,1,8-16H2,2-6H3/b18-7+. The topological polar surface area (TPSA) is 0 Å². The zero-order chi connectivity index (χ0) is 15.4. The van der Waals surface area contributed by atoms with Gasteiger partial charge in [0.15, 0.2) is 0 Å². The molecule has 0 aromatic heterocycles. The summed E-state index contributed by atoms with van der Waals surface area (Å²) in [7, 11) is 0. The van der Waals surface area contributed by atoms with Crippen LogP contribution in [0.4, 0.5) is 0 Å². The Kier molecular flexibility index (Phi) is 12.3. The van der Waals surface area contributed by atoms with E-state index in [0.717, 1.165) is 17.8 Å². The van der Waals surface area contributed by atoms with Crippen molar-refractivity contribution in [2.45, 2.75) is 92.4 Å². The van der Waals surface area contributed by atoms with Gasteiger partial charge < -0.3 is 0 Å². The van der Waals surface area contributed by atoms with Gasteiger partial charge in [-0.25, -0.2) is 0 Å². The lowest BCUT2D eigenvalue weighted by Gasteiger charge is -2.15. The van der Waals surface area contributed by atoms with Gasteiger partial charge >= 0.3 is 0 Å². The molecular formula is C20H39. The van der Waals surface area contributed by atoms with E-state index in [1.807, 2.05) is 6.08 Å². The minimum absolute atomic E-state index is 0.873. The molecule has 0 saturated heterocycles. The summed E-state index contributed by atoms with van der Waals surface area (Å²) in [5.41, 5.74) is 1.44. The molecule has 2 unspecified atom stereocenters. The molecule has 0 rings (SSSR count). The molecule has 20 heavy (non-hydrogen) atoms. The lowest BCUT2D eigenvalue weighted by atomic mass is 9.91. The average molecular weight is 280 g/mol. The minimum atomic E-state index is 0.873. The number of rotatable bonds is 12. The van der Waals surface area contributed by atoms with E-state index in [1.165, 1.54) is 63.4 Å². The van der Waals surface area contributed by atoms with Gasteiger partial charge in [0.2, 0.25) is 0 Å². The van der Waals surface area contributed by atoms with E-state index in [1.54, 1.807) is 0 Å². The molecule has 0 nitrogen and oxygen atoms in total. The maximum atomic E-state index is 3.83. The molecule has 0 amide bonds. The quantitative estimate of drug-likeness (QED) is 0.354. The third-order valence-corrected chi connectivity index (χ3v) is 4.49. The highest BCUT2D eigenvalue weighted by molar-refractivity contribution is 4.99. The predicted octanol–water partition coefficient (Wildman–Crippen LogP) is 7.21. The van der Waals surface area contributed by atoms with Crippen LogP contribution in [-0.2, 0) is 0 Å². The molecule has 0 N–H and O–H groups in total. The van der Waals surface area contributed by atoms with Crippen LogP contribution >= 0.6 is 0 Å². The van der Waals surface area contributed by atoms with E-state index in [4.69, 9.17) is 0 Å². The first-order valence-electron chi connectivity index (χ1n) is 8.90. The number of hydrogen-bond acceptors (Lipinski definition) is 0. The first-order valence-corrected chi connectivity index (χ1v) is 8.90. The molecule has 0 aromatic carbocycles. The summed E-state index contributed by atoms with van der Waals surface area (Å²) in [5, 5.41) is 0. The van der Waals surface area contributed by atoms with E-state index in [2.05, 4.69) is 41.5 Å². The van der Waals surface area contributed by atoms with Gasteiger partial charge in [0, 0.05) is 0 Å². The molecule has 0 saturated carbocycles. The summed E-state index contributed by atoms with van der Waals surface area (Å²) in [6.45, 7) is 15.5. The van der Waals surface area contributed by atoms with Crippen LogP contribution in [0.3, 0.4) is 0 Å². The minimum Gasteiger partial charge on any atom is -0.0853 e. The second kappa shape index (κ2) is 12.5. The lowest BCUT2D eigenvalue weighted by Crippen LogP contribution is -2.00. The lowest BCUT2D eigenvalue weighted by molar-refractivity contribution is 0.389. The van der Waals surface area contributed by atoms with Crippen molar-refractivity contribution in [2.75, 3.05) is 0 Å². The average Bonchev–Trinajstić information content (AvgIpc) is 2.38. The van der Waals surface area contributed by atoms with E-state index in [0.29, 0.717) is 0 Å². The summed E-state index contributed by atoms with van der Waals surface area (Å²) in [6, 6.07) is 0. The molecule has 0 bridgehead atoms. The highest BCUT2D eigenvalue weighted by atomic mass is 14.1. The highest BCUT2D eigenvalue weighted by Crippen LogP contribution is 2.21. The van der Waals surface area contributed by atoms with Crippen LogP contribution in [0.2, 0.25) is 0 Å².